The zero-order valence-electron chi connectivity index (χ0n) is 17.0. The van der Waals surface area contributed by atoms with E-state index in [2.05, 4.69) is 20.8 Å². The number of anilines is 2. The first-order valence-corrected chi connectivity index (χ1v) is 11.2. The van der Waals surface area contributed by atoms with Gasteiger partial charge in [0.25, 0.3) is 0 Å². The van der Waals surface area contributed by atoms with E-state index < -0.39 is 0 Å². The fourth-order valence-corrected chi connectivity index (χ4v) is 3.89. The number of thioether (sulfide) groups is 1. The summed E-state index contributed by atoms with van der Waals surface area (Å²) in [5.74, 6) is 0.173. The quantitative estimate of drug-likeness (QED) is 0.462. The number of carbonyl (C=O) groups excluding carboxylic acids is 2. The van der Waals surface area contributed by atoms with Gasteiger partial charge in [0.2, 0.25) is 11.8 Å². The fraction of sp³-hybridized carbons (Fsp3) is 0.238. The van der Waals surface area contributed by atoms with Gasteiger partial charge >= 0.3 is 0 Å². The van der Waals surface area contributed by atoms with E-state index in [1.165, 1.54) is 11.8 Å². The van der Waals surface area contributed by atoms with Crippen molar-refractivity contribution in [2.75, 3.05) is 16.4 Å². The van der Waals surface area contributed by atoms with Gasteiger partial charge in [-0.3, -0.25) is 9.59 Å². The Kier molecular flexibility index (Phi) is 7.95. The third-order valence-corrected chi connectivity index (χ3v) is 6.04. The highest BCUT2D eigenvalue weighted by atomic mass is 35.5. The van der Waals surface area contributed by atoms with Crippen LogP contribution in [-0.4, -0.2) is 32.3 Å². The summed E-state index contributed by atoms with van der Waals surface area (Å²) in [6, 6.07) is 12.5. The summed E-state index contributed by atoms with van der Waals surface area (Å²) in [5.41, 5.74) is 2.31. The number of aromatic nitrogens is 3. The third kappa shape index (κ3) is 6.22. The van der Waals surface area contributed by atoms with Gasteiger partial charge in [-0.1, -0.05) is 60.1 Å². The number of aryl methyl sites for hydroxylation is 1. The molecule has 1 aromatic heterocycles. The van der Waals surface area contributed by atoms with Crippen LogP contribution in [0.15, 0.2) is 47.6 Å². The van der Waals surface area contributed by atoms with Crippen LogP contribution in [0.5, 0.6) is 0 Å². The predicted molar refractivity (Wildman–Crippen MR) is 125 cm³/mol. The molecule has 0 aliphatic rings. The Hall–Kier alpha value is -2.55. The summed E-state index contributed by atoms with van der Waals surface area (Å²) < 4.78 is 1.70. The van der Waals surface area contributed by atoms with Gasteiger partial charge in [0.15, 0.2) is 5.16 Å². The molecule has 2 amide bonds. The lowest BCUT2D eigenvalue weighted by molar-refractivity contribution is -0.116. The van der Waals surface area contributed by atoms with Crippen molar-refractivity contribution in [3.05, 3.63) is 63.9 Å². The van der Waals surface area contributed by atoms with Crippen LogP contribution in [-0.2, 0) is 29.5 Å². The maximum atomic E-state index is 12.5. The second-order valence-electron chi connectivity index (χ2n) is 6.65. The van der Waals surface area contributed by atoms with Gasteiger partial charge in [0.1, 0.15) is 5.82 Å². The number of nitrogens with one attached hydrogen (secondary N) is 2. The predicted octanol–water partition coefficient (Wildman–Crippen LogP) is 4.60. The summed E-state index contributed by atoms with van der Waals surface area (Å²) in [7, 11) is 1.76. The van der Waals surface area contributed by atoms with Crippen LogP contribution in [0.25, 0.3) is 0 Å². The van der Waals surface area contributed by atoms with E-state index in [1.54, 1.807) is 29.8 Å². The Bertz CT molecular complexity index is 1100. The molecule has 0 unspecified atom stereocenters. The fourth-order valence-electron chi connectivity index (χ4n) is 2.82. The van der Waals surface area contributed by atoms with Crippen molar-refractivity contribution >= 4 is 58.2 Å². The van der Waals surface area contributed by atoms with Gasteiger partial charge in [-0.15, -0.1) is 10.2 Å². The zero-order chi connectivity index (χ0) is 22.4. The number of nitrogens with zero attached hydrogens (tertiary/aromatic N) is 3. The lowest BCUT2D eigenvalue weighted by Crippen LogP contribution is -2.18. The summed E-state index contributed by atoms with van der Waals surface area (Å²) in [5, 5.41) is 15.2. The van der Waals surface area contributed by atoms with E-state index in [9.17, 15) is 9.59 Å². The topological polar surface area (TPSA) is 88.9 Å². The van der Waals surface area contributed by atoms with Crippen molar-refractivity contribution in [1.29, 1.82) is 0 Å². The molecule has 0 atom stereocenters. The molecule has 3 aromatic rings. The van der Waals surface area contributed by atoms with Crippen LogP contribution in [0, 0.1) is 0 Å². The Morgan fingerprint density at radius 3 is 2.55 bits per heavy atom. The van der Waals surface area contributed by atoms with E-state index in [0.717, 1.165) is 17.7 Å². The second-order valence-corrected chi connectivity index (χ2v) is 8.44. The highest BCUT2D eigenvalue weighted by Gasteiger charge is 2.16. The molecule has 2 aromatic carbocycles. The molecule has 3 rings (SSSR count). The second kappa shape index (κ2) is 10.7. The zero-order valence-corrected chi connectivity index (χ0v) is 19.3. The van der Waals surface area contributed by atoms with Crippen LogP contribution in [0.4, 0.5) is 11.4 Å². The molecule has 0 radical (unpaired) electrons. The molecule has 162 valence electrons. The highest BCUT2D eigenvalue weighted by Crippen LogP contribution is 2.26. The lowest BCUT2D eigenvalue weighted by Gasteiger charge is -2.09. The Morgan fingerprint density at radius 2 is 1.77 bits per heavy atom. The maximum absolute atomic E-state index is 12.5. The van der Waals surface area contributed by atoms with Crippen molar-refractivity contribution in [1.82, 2.24) is 14.8 Å². The normalized spacial score (nSPS) is 10.7. The van der Waals surface area contributed by atoms with E-state index in [1.807, 2.05) is 31.2 Å². The first-order valence-electron chi connectivity index (χ1n) is 9.51. The van der Waals surface area contributed by atoms with Crippen molar-refractivity contribution in [3.63, 3.8) is 0 Å². The van der Waals surface area contributed by atoms with E-state index >= 15 is 0 Å². The number of rotatable bonds is 8. The molecular weight excluding hydrogens is 457 g/mol. The van der Waals surface area contributed by atoms with Gasteiger partial charge < -0.3 is 15.2 Å². The van der Waals surface area contributed by atoms with Crippen LogP contribution in [0.2, 0.25) is 10.0 Å². The average molecular weight is 478 g/mol. The summed E-state index contributed by atoms with van der Waals surface area (Å²) in [6.07, 6.45) is 0.899. The van der Waals surface area contributed by atoms with Crippen molar-refractivity contribution < 1.29 is 9.59 Å². The first kappa shape index (κ1) is 23.1. The number of halogens is 2. The largest absolute Gasteiger partial charge is 0.325 e. The first-order chi connectivity index (χ1) is 14.9. The number of amides is 2. The minimum atomic E-state index is -0.257. The lowest BCUT2D eigenvalue weighted by atomic mass is 10.1. The smallest absolute Gasteiger partial charge is 0.234 e. The van der Waals surface area contributed by atoms with Crippen LogP contribution in [0.1, 0.15) is 18.3 Å². The number of para-hydroxylation sites is 1. The van der Waals surface area contributed by atoms with E-state index in [0.29, 0.717) is 26.7 Å². The minimum Gasteiger partial charge on any atom is -0.325 e. The third-order valence-electron chi connectivity index (χ3n) is 4.45. The van der Waals surface area contributed by atoms with Crippen LogP contribution in [0.3, 0.4) is 0 Å². The number of carbonyl (C=O) groups is 2. The minimum absolute atomic E-state index is 0.0758. The molecule has 0 bridgehead atoms. The van der Waals surface area contributed by atoms with Gasteiger partial charge in [-0.2, -0.15) is 0 Å². The molecule has 31 heavy (non-hydrogen) atoms. The molecule has 10 heteroatoms. The van der Waals surface area contributed by atoms with Crippen LogP contribution >= 0.6 is 35.0 Å². The Labute approximate surface area is 194 Å². The molecule has 0 saturated carbocycles. The molecule has 1 heterocycles. The van der Waals surface area contributed by atoms with E-state index in [-0.39, 0.29) is 24.0 Å². The standard InChI is InChI=1S/C21H21Cl2N5O2S/c1-3-13-6-4-5-7-16(13)24-19(29)11-18-26-27-21(28(18)2)31-12-20(30)25-17-10-14(22)8-9-15(17)23/h4-10H,3,11-12H2,1-2H3,(H,24,29)(H,25,30). The molecule has 7 nitrogen and oxygen atoms in total. The monoisotopic (exact) mass is 477 g/mol. The highest BCUT2D eigenvalue weighted by molar-refractivity contribution is 7.99. The summed E-state index contributed by atoms with van der Waals surface area (Å²) in [4.78, 5) is 24.7. The molecule has 0 fully saturated rings. The van der Waals surface area contributed by atoms with Gasteiger partial charge in [-0.05, 0) is 36.2 Å². The van der Waals surface area contributed by atoms with E-state index in [4.69, 9.17) is 23.2 Å². The SMILES string of the molecule is CCc1ccccc1NC(=O)Cc1nnc(SCC(=O)Nc2cc(Cl)ccc2Cl)n1C. The molecule has 0 spiro atoms. The van der Waals surface area contributed by atoms with Crippen molar-refractivity contribution in [3.8, 4) is 0 Å². The van der Waals surface area contributed by atoms with Crippen LogP contribution < -0.4 is 10.6 Å². The number of hydrogen-bond donors (Lipinski definition) is 2. The summed E-state index contributed by atoms with van der Waals surface area (Å²) >= 11 is 13.2. The average Bonchev–Trinajstić information content (AvgIpc) is 3.09. The van der Waals surface area contributed by atoms with Gasteiger partial charge in [0, 0.05) is 17.8 Å². The Balaban J connectivity index is 1.56. The molecule has 2 N–H and O–H groups in total. The molecular formula is C21H21Cl2N5O2S. The summed E-state index contributed by atoms with van der Waals surface area (Å²) in [6.45, 7) is 2.04. The molecule has 0 aliphatic carbocycles. The number of hydrogen-bond acceptors (Lipinski definition) is 5. The molecule has 0 aliphatic heterocycles. The maximum Gasteiger partial charge on any atom is 0.234 e. The molecule has 0 saturated heterocycles. The Morgan fingerprint density at radius 1 is 1.03 bits per heavy atom. The van der Waals surface area contributed by atoms with Crippen molar-refractivity contribution in [2.45, 2.75) is 24.9 Å². The number of benzene rings is 2. The van der Waals surface area contributed by atoms with Gasteiger partial charge in [-0.25, -0.2) is 0 Å². The van der Waals surface area contributed by atoms with Crippen molar-refractivity contribution in [2.24, 2.45) is 7.05 Å². The van der Waals surface area contributed by atoms with Gasteiger partial charge in [0.05, 0.1) is 22.9 Å².